The highest BCUT2D eigenvalue weighted by molar-refractivity contribution is 5.94. The van der Waals surface area contributed by atoms with Crippen LogP contribution < -0.4 is 5.32 Å². The van der Waals surface area contributed by atoms with Gasteiger partial charge in [-0.25, -0.2) is 0 Å². The molecular weight excluding hydrogens is 288 g/mol. The molecule has 4 heteroatoms. The number of rotatable bonds is 8. The number of nitrogens with zero attached hydrogens (tertiary/aromatic N) is 1. The van der Waals surface area contributed by atoms with E-state index in [4.69, 9.17) is 4.74 Å². The van der Waals surface area contributed by atoms with Crippen molar-refractivity contribution in [3.05, 3.63) is 35.4 Å². The Hall–Kier alpha value is -1.39. The van der Waals surface area contributed by atoms with Gasteiger partial charge in [0.25, 0.3) is 5.91 Å². The summed E-state index contributed by atoms with van der Waals surface area (Å²) in [6.45, 7) is 6.98. The summed E-state index contributed by atoms with van der Waals surface area (Å²) >= 11 is 0. The third-order valence-corrected chi connectivity index (χ3v) is 4.62. The number of carbonyl (C=O) groups excluding carboxylic acids is 1. The quantitative estimate of drug-likeness (QED) is 0.801. The summed E-state index contributed by atoms with van der Waals surface area (Å²) in [5.74, 6) is 0.645. The molecule has 1 aromatic rings. The molecule has 0 unspecified atom stereocenters. The fraction of sp³-hybridized carbons (Fsp3) is 0.632. The van der Waals surface area contributed by atoms with Gasteiger partial charge in [-0.1, -0.05) is 25.5 Å². The number of hydrogen-bond donors (Lipinski definition) is 1. The van der Waals surface area contributed by atoms with Crippen molar-refractivity contribution >= 4 is 5.91 Å². The number of piperidine rings is 1. The molecule has 1 N–H and O–H groups in total. The Morgan fingerprint density at radius 1 is 1.26 bits per heavy atom. The molecule has 1 saturated heterocycles. The lowest BCUT2D eigenvalue weighted by atomic mass is 9.96. The average Bonchev–Trinajstić information content (AvgIpc) is 2.59. The molecule has 128 valence electrons. The van der Waals surface area contributed by atoms with E-state index in [1.54, 1.807) is 7.11 Å². The molecule has 0 bridgehead atoms. The predicted molar refractivity (Wildman–Crippen MR) is 93.8 cm³/mol. The van der Waals surface area contributed by atoms with Crippen molar-refractivity contribution in [2.45, 2.75) is 32.6 Å². The number of benzene rings is 1. The van der Waals surface area contributed by atoms with Crippen LogP contribution in [0, 0.1) is 5.92 Å². The largest absolute Gasteiger partial charge is 0.383 e. The number of likely N-dealkylation sites (tertiary alicyclic amines) is 1. The third kappa shape index (κ3) is 5.96. The van der Waals surface area contributed by atoms with Gasteiger partial charge in [-0.2, -0.15) is 0 Å². The van der Waals surface area contributed by atoms with Crippen LogP contribution in [0.1, 0.15) is 42.1 Å². The average molecular weight is 318 g/mol. The molecule has 0 aromatic heterocycles. The highest BCUT2D eigenvalue weighted by Crippen LogP contribution is 2.16. The van der Waals surface area contributed by atoms with Gasteiger partial charge in [0, 0.05) is 25.8 Å². The molecule has 0 aliphatic carbocycles. The Bertz CT molecular complexity index is 465. The number of ether oxygens (including phenoxy) is 1. The fourth-order valence-corrected chi connectivity index (χ4v) is 3.09. The van der Waals surface area contributed by atoms with Gasteiger partial charge in [0.2, 0.25) is 0 Å². The summed E-state index contributed by atoms with van der Waals surface area (Å²) < 4.78 is 5.12. The summed E-state index contributed by atoms with van der Waals surface area (Å²) in [5.41, 5.74) is 2.06. The molecule has 1 fully saturated rings. The van der Waals surface area contributed by atoms with Crippen molar-refractivity contribution in [2.75, 3.05) is 39.9 Å². The van der Waals surface area contributed by atoms with Gasteiger partial charge in [0.15, 0.2) is 0 Å². The van der Waals surface area contributed by atoms with Crippen LogP contribution in [0.15, 0.2) is 24.3 Å². The maximum absolute atomic E-state index is 12.2. The predicted octanol–water partition coefficient (Wildman–Crippen LogP) is 2.73. The second-order valence-corrected chi connectivity index (χ2v) is 6.43. The van der Waals surface area contributed by atoms with E-state index in [9.17, 15) is 4.79 Å². The van der Waals surface area contributed by atoms with Crippen molar-refractivity contribution in [2.24, 2.45) is 5.92 Å². The number of hydrogen-bond acceptors (Lipinski definition) is 3. The van der Waals surface area contributed by atoms with Gasteiger partial charge in [-0.15, -0.1) is 0 Å². The van der Waals surface area contributed by atoms with Crippen LogP contribution in [0.3, 0.4) is 0 Å². The molecule has 23 heavy (non-hydrogen) atoms. The minimum Gasteiger partial charge on any atom is -0.383 e. The summed E-state index contributed by atoms with van der Waals surface area (Å²) in [4.78, 5) is 14.7. The van der Waals surface area contributed by atoms with Crippen LogP contribution in [0.4, 0.5) is 0 Å². The molecule has 0 spiro atoms. The highest BCUT2D eigenvalue weighted by atomic mass is 16.5. The van der Waals surface area contributed by atoms with Crippen molar-refractivity contribution < 1.29 is 9.53 Å². The van der Waals surface area contributed by atoms with Crippen LogP contribution >= 0.6 is 0 Å². The molecule has 2 rings (SSSR count). The topological polar surface area (TPSA) is 41.6 Å². The normalized spacial score (nSPS) is 16.4. The van der Waals surface area contributed by atoms with E-state index in [-0.39, 0.29) is 5.91 Å². The SMILES string of the molecule is CCCc1ccc(C(=O)NCC2CCN(CCOC)CC2)cc1. The van der Waals surface area contributed by atoms with Gasteiger partial charge < -0.3 is 15.0 Å². The van der Waals surface area contributed by atoms with Gasteiger partial charge in [0.05, 0.1) is 6.61 Å². The molecule has 1 amide bonds. The lowest BCUT2D eigenvalue weighted by Gasteiger charge is -2.31. The highest BCUT2D eigenvalue weighted by Gasteiger charge is 2.19. The van der Waals surface area contributed by atoms with Crippen molar-refractivity contribution in [1.82, 2.24) is 10.2 Å². The zero-order valence-corrected chi connectivity index (χ0v) is 14.5. The Balaban J connectivity index is 1.70. The second-order valence-electron chi connectivity index (χ2n) is 6.43. The molecule has 1 aliphatic heterocycles. The molecule has 0 saturated carbocycles. The van der Waals surface area contributed by atoms with Crippen molar-refractivity contribution in [1.29, 1.82) is 0 Å². The van der Waals surface area contributed by atoms with Gasteiger partial charge >= 0.3 is 0 Å². The van der Waals surface area contributed by atoms with Gasteiger partial charge in [-0.3, -0.25) is 4.79 Å². The zero-order chi connectivity index (χ0) is 16.5. The number of aryl methyl sites for hydroxylation is 1. The van der Waals surface area contributed by atoms with E-state index in [1.165, 1.54) is 5.56 Å². The second kappa shape index (κ2) is 9.68. The van der Waals surface area contributed by atoms with E-state index in [0.29, 0.717) is 5.92 Å². The summed E-state index contributed by atoms with van der Waals surface area (Å²) in [6.07, 6.45) is 4.51. The monoisotopic (exact) mass is 318 g/mol. The third-order valence-electron chi connectivity index (χ3n) is 4.62. The minimum absolute atomic E-state index is 0.0508. The summed E-state index contributed by atoms with van der Waals surface area (Å²) in [5, 5.41) is 3.10. The standard InChI is InChI=1S/C19H30N2O2/c1-3-4-16-5-7-18(8-6-16)19(22)20-15-17-9-11-21(12-10-17)13-14-23-2/h5-8,17H,3-4,9-15H2,1-2H3,(H,20,22). The first-order valence-corrected chi connectivity index (χ1v) is 8.81. The maximum Gasteiger partial charge on any atom is 0.251 e. The number of amides is 1. The minimum atomic E-state index is 0.0508. The van der Waals surface area contributed by atoms with Gasteiger partial charge in [-0.05, 0) is 56.0 Å². The van der Waals surface area contributed by atoms with E-state index >= 15 is 0 Å². The molecule has 4 nitrogen and oxygen atoms in total. The molecular formula is C19H30N2O2. The molecule has 0 radical (unpaired) electrons. The van der Waals surface area contributed by atoms with Crippen molar-refractivity contribution in [3.63, 3.8) is 0 Å². The molecule has 1 aromatic carbocycles. The van der Waals surface area contributed by atoms with E-state index in [1.807, 2.05) is 12.1 Å². The van der Waals surface area contributed by atoms with E-state index < -0.39 is 0 Å². The number of carbonyl (C=O) groups is 1. The van der Waals surface area contributed by atoms with Crippen LogP contribution in [0.2, 0.25) is 0 Å². The lowest BCUT2D eigenvalue weighted by molar-refractivity contribution is 0.0926. The van der Waals surface area contributed by atoms with Crippen LogP contribution in [0.5, 0.6) is 0 Å². The first-order chi connectivity index (χ1) is 11.2. The lowest BCUT2D eigenvalue weighted by Crippen LogP contribution is -2.39. The van der Waals surface area contributed by atoms with Crippen LogP contribution in [-0.4, -0.2) is 50.7 Å². The van der Waals surface area contributed by atoms with Crippen molar-refractivity contribution in [3.8, 4) is 0 Å². The Kier molecular flexibility index (Phi) is 7.56. The van der Waals surface area contributed by atoms with E-state index in [0.717, 1.165) is 64.0 Å². The fourth-order valence-electron chi connectivity index (χ4n) is 3.09. The maximum atomic E-state index is 12.2. The Morgan fingerprint density at radius 2 is 1.96 bits per heavy atom. The number of methoxy groups -OCH3 is 1. The molecule has 0 atom stereocenters. The van der Waals surface area contributed by atoms with Crippen LogP contribution in [-0.2, 0) is 11.2 Å². The van der Waals surface area contributed by atoms with E-state index in [2.05, 4.69) is 29.3 Å². The zero-order valence-electron chi connectivity index (χ0n) is 14.5. The van der Waals surface area contributed by atoms with Gasteiger partial charge in [0.1, 0.15) is 0 Å². The smallest absolute Gasteiger partial charge is 0.251 e. The van der Waals surface area contributed by atoms with Crippen LogP contribution in [0.25, 0.3) is 0 Å². The molecule has 1 aliphatic rings. The molecule has 1 heterocycles. The number of nitrogens with one attached hydrogen (secondary N) is 1. The Morgan fingerprint density at radius 3 is 2.57 bits per heavy atom. The first-order valence-electron chi connectivity index (χ1n) is 8.81. The summed E-state index contributed by atoms with van der Waals surface area (Å²) in [7, 11) is 1.75. The Labute approximate surface area is 140 Å². The first kappa shape index (κ1) is 18.0. The summed E-state index contributed by atoms with van der Waals surface area (Å²) in [6, 6.07) is 8.00.